The molecule has 0 spiro atoms. The molecule has 1 aliphatic carbocycles. The highest BCUT2D eigenvalue weighted by Crippen LogP contribution is 2.41. The van der Waals surface area contributed by atoms with Crippen LogP contribution in [0.25, 0.3) is 0 Å². The highest BCUT2D eigenvalue weighted by molar-refractivity contribution is 7.80. The minimum absolute atomic E-state index is 0.814. The van der Waals surface area contributed by atoms with E-state index in [0.717, 1.165) is 18.1 Å². The first-order valence-corrected chi connectivity index (χ1v) is 5.46. The van der Waals surface area contributed by atoms with Crippen molar-refractivity contribution < 1.29 is 0 Å². The van der Waals surface area contributed by atoms with Crippen molar-refractivity contribution in [3.8, 4) is 0 Å². The second kappa shape index (κ2) is 3.15. The van der Waals surface area contributed by atoms with E-state index in [1.54, 1.807) is 0 Å². The van der Waals surface area contributed by atoms with Crippen LogP contribution in [0.4, 0.5) is 0 Å². The lowest BCUT2D eigenvalue weighted by atomic mass is 10.4. The summed E-state index contributed by atoms with van der Waals surface area (Å²) >= 11 is 5.99. The lowest BCUT2D eigenvalue weighted by Gasteiger charge is -1.88. The SMILES string of the molecule is SCCc1csc(C2CC2)n1. The largest absolute Gasteiger partial charge is 0.246 e. The van der Waals surface area contributed by atoms with Gasteiger partial charge in [0.15, 0.2) is 0 Å². The van der Waals surface area contributed by atoms with Gasteiger partial charge in [0.1, 0.15) is 0 Å². The van der Waals surface area contributed by atoms with E-state index in [-0.39, 0.29) is 0 Å². The summed E-state index contributed by atoms with van der Waals surface area (Å²) < 4.78 is 0. The number of hydrogen-bond acceptors (Lipinski definition) is 3. The van der Waals surface area contributed by atoms with Crippen molar-refractivity contribution in [2.24, 2.45) is 0 Å². The van der Waals surface area contributed by atoms with Crippen molar-refractivity contribution in [3.05, 3.63) is 16.1 Å². The van der Waals surface area contributed by atoms with E-state index >= 15 is 0 Å². The number of nitrogens with zero attached hydrogens (tertiary/aromatic N) is 1. The number of thiazole rings is 1. The highest BCUT2D eigenvalue weighted by atomic mass is 32.1. The van der Waals surface area contributed by atoms with Crippen LogP contribution in [0.2, 0.25) is 0 Å². The zero-order chi connectivity index (χ0) is 7.68. The molecule has 1 aromatic heterocycles. The first-order valence-electron chi connectivity index (χ1n) is 3.95. The molecule has 2 rings (SSSR count). The molecule has 0 radical (unpaired) electrons. The topological polar surface area (TPSA) is 12.9 Å². The molecule has 0 saturated heterocycles. The van der Waals surface area contributed by atoms with Crippen LogP contribution in [0.15, 0.2) is 5.38 Å². The third-order valence-electron chi connectivity index (χ3n) is 1.86. The molecular formula is C8H11NS2. The summed E-state index contributed by atoms with van der Waals surface area (Å²) in [6.45, 7) is 0. The summed E-state index contributed by atoms with van der Waals surface area (Å²) in [6.07, 6.45) is 3.73. The van der Waals surface area contributed by atoms with Crippen LogP contribution in [0.3, 0.4) is 0 Å². The lowest BCUT2D eigenvalue weighted by molar-refractivity contribution is 1.00. The fraction of sp³-hybridized carbons (Fsp3) is 0.625. The molecular weight excluding hydrogens is 174 g/mol. The van der Waals surface area contributed by atoms with Crippen LogP contribution in [0.5, 0.6) is 0 Å². The molecule has 1 heterocycles. The Morgan fingerprint density at radius 2 is 2.45 bits per heavy atom. The molecule has 1 aromatic rings. The third kappa shape index (κ3) is 1.76. The fourth-order valence-electron chi connectivity index (χ4n) is 1.07. The summed E-state index contributed by atoms with van der Waals surface area (Å²) in [5, 5.41) is 3.52. The van der Waals surface area contributed by atoms with Gasteiger partial charge in [0, 0.05) is 11.3 Å². The number of hydrogen-bond donors (Lipinski definition) is 1. The van der Waals surface area contributed by atoms with Gasteiger partial charge in [-0.15, -0.1) is 11.3 Å². The molecule has 1 saturated carbocycles. The molecule has 0 amide bonds. The molecule has 1 nitrogen and oxygen atoms in total. The van der Waals surface area contributed by atoms with Gasteiger partial charge in [-0.25, -0.2) is 4.98 Å². The second-order valence-electron chi connectivity index (χ2n) is 2.92. The summed E-state index contributed by atoms with van der Waals surface area (Å²) in [7, 11) is 0. The average molecular weight is 185 g/mol. The quantitative estimate of drug-likeness (QED) is 0.714. The minimum atomic E-state index is 0.814. The molecule has 11 heavy (non-hydrogen) atoms. The molecule has 0 aromatic carbocycles. The molecule has 0 aliphatic heterocycles. The fourth-order valence-corrected chi connectivity index (χ4v) is 2.32. The Morgan fingerprint density at radius 3 is 3.09 bits per heavy atom. The van der Waals surface area contributed by atoms with Gasteiger partial charge in [0.05, 0.1) is 10.7 Å². The van der Waals surface area contributed by atoms with E-state index < -0.39 is 0 Å². The van der Waals surface area contributed by atoms with Crippen LogP contribution < -0.4 is 0 Å². The molecule has 0 unspecified atom stereocenters. The number of thiol groups is 1. The summed E-state index contributed by atoms with van der Waals surface area (Å²) in [5.41, 5.74) is 1.23. The molecule has 1 aliphatic rings. The molecule has 60 valence electrons. The van der Waals surface area contributed by atoms with Crippen LogP contribution in [-0.4, -0.2) is 10.7 Å². The average Bonchev–Trinajstić information content (AvgIpc) is 2.75. The molecule has 0 bridgehead atoms. The second-order valence-corrected chi connectivity index (χ2v) is 4.26. The third-order valence-corrected chi connectivity index (χ3v) is 3.14. The predicted molar refractivity (Wildman–Crippen MR) is 51.6 cm³/mol. The first-order chi connectivity index (χ1) is 5.40. The van der Waals surface area contributed by atoms with E-state index in [1.165, 1.54) is 23.5 Å². The van der Waals surface area contributed by atoms with Crippen LogP contribution >= 0.6 is 24.0 Å². The summed E-state index contributed by atoms with van der Waals surface area (Å²) in [4.78, 5) is 4.53. The number of aromatic nitrogens is 1. The molecule has 0 N–H and O–H groups in total. The Hall–Kier alpha value is -0.0200. The molecule has 3 heteroatoms. The van der Waals surface area contributed by atoms with Crippen molar-refractivity contribution in [2.75, 3.05) is 5.75 Å². The van der Waals surface area contributed by atoms with E-state index in [2.05, 4.69) is 23.0 Å². The number of aryl methyl sites for hydroxylation is 1. The standard InChI is InChI=1S/C8H11NS2/c10-4-3-7-5-11-8(9-7)6-1-2-6/h5-6,10H,1-4H2. The van der Waals surface area contributed by atoms with E-state index in [9.17, 15) is 0 Å². The van der Waals surface area contributed by atoms with Gasteiger partial charge in [0.2, 0.25) is 0 Å². The maximum atomic E-state index is 4.53. The van der Waals surface area contributed by atoms with Crippen molar-refractivity contribution in [1.29, 1.82) is 0 Å². The Bertz CT molecular complexity index is 240. The Labute approximate surface area is 76.3 Å². The van der Waals surface area contributed by atoms with Crippen molar-refractivity contribution >= 4 is 24.0 Å². The van der Waals surface area contributed by atoms with Gasteiger partial charge in [0.25, 0.3) is 0 Å². The molecule has 1 fully saturated rings. The van der Waals surface area contributed by atoms with Crippen molar-refractivity contribution in [1.82, 2.24) is 4.98 Å². The monoisotopic (exact) mass is 185 g/mol. The predicted octanol–water partition coefficient (Wildman–Crippen LogP) is 2.49. The first kappa shape index (κ1) is 7.62. The van der Waals surface area contributed by atoms with E-state index in [0.29, 0.717) is 0 Å². The van der Waals surface area contributed by atoms with E-state index in [4.69, 9.17) is 0 Å². The van der Waals surface area contributed by atoms with Crippen molar-refractivity contribution in [2.45, 2.75) is 25.2 Å². The Kier molecular flexibility index (Phi) is 2.18. The summed E-state index contributed by atoms with van der Waals surface area (Å²) in [5.74, 6) is 1.72. The van der Waals surface area contributed by atoms with Gasteiger partial charge >= 0.3 is 0 Å². The summed E-state index contributed by atoms with van der Waals surface area (Å²) in [6, 6.07) is 0. The van der Waals surface area contributed by atoms with Crippen LogP contribution in [0.1, 0.15) is 29.5 Å². The lowest BCUT2D eigenvalue weighted by Crippen LogP contribution is -1.86. The van der Waals surface area contributed by atoms with Gasteiger partial charge in [-0.3, -0.25) is 0 Å². The zero-order valence-corrected chi connectivity index (χ0v) is 8.00. The maximum Gasteiger partial charge on any atom is 0.0959 e. The van der Waals surface area contributed by atoms with Crippen molar-refractivity contribution in [3.63, 3.8) is 0 Å². The smallest absolute Gasteiger partial charge is 0.0959 e. The number of rotatable bonds is 3. The minimum Gasteiger partial charge on any atom is -0.246 e. The van der Waals surface area contributed by atoms with Gasteiger partial charge in [-0.2, -0.15) is 12.6 Å². The Morgan fingerprint density at radius 1 is 1.64 bits per heavy atom. The van der Waals surface area contributed by atoms with E-state index in [1.807, 2.05) is 11.3 Å². The Balaban J connectivity index is 2.06. The van der Waals surface area contributed by atoms with Gasteiger partial charge in [-0.1, -0.05) is 0 Å². The maximum absolute atomic E-state index is 4.53. The van der Waals surface area contributed by atoms with Crippen LogP contribution in [-0.2, 0) is 6.42 Å². The van der Waals surface area contributed by atoms with Gasteiger partial charge in [-0.05, 0) is 25.0 Å². The molecule has 0 atom stereocenters. The normalized spacial score (nSPS) is 17.2. The van der Waals surface area contributed by atoms with Gasteiger partial charge < -0.3 is 0 Å². The zero-order valence-electron chi connectivity index (χ0n) is 6.29. The highest BCUT2D eigenvalue weighted by Gasteiger charge is 2.26. The van der Waals surface area contributed by atoms with Crippen LogP contribution in [0, 0.1) is 0 Å².